The van der Waals surface area contributed by atoms with E-state index in [0.29, 0.717) is 5.56 Å². The Bertz CT molecular complexity index is 981. The molecule has 9 nitrogen and oxygen atoms in total. The number of hydrogen-bond acceptors (Lipinski definition) is 8. The number of aliphatic hydroxyl groups excluding tert-OH is 1. The van der Waals surface area contributed by atoms with Crippen LogP contribution in [0, 0.1) is 0 Å². The van der Waals surface area contributed by atoms with Gasteiger partial charge in [0.2, 0.25) is 5.91 Å². The van der Waals surface area contributed by atoms with Gasteiger partial charge in [0.25, 0.3) is 0 Å². The van der Waals surface area contributed by atoms with Crippen LogP contribution in [0.4, 0.5) is 0 Å². The molecule has 1 aliphatic rings. The van der Waals surface area contributed by atoms with E-state index in [0.717, 1.165) is 0 Å². The average Bonchev–Trinajstić information content (AvgIpc) is 2.85. The van der Waals surface area contributed by atoms with Gasteiger partial charge in [-0.2, -0.15) is 0 Å². The first-order valence-corrected chi connectivity index (χ1v) is 10.7. The van der Waals surface area contributed by atoms with E-state index in [1.807, 2.05) is 0 Å². The van der Waals surface area contributed by atoms with Gasteiger partial charge in [-0.05, 0) is 24.3 Å². The Morgan fingerprint density at radius 2 is 1.62 bits per heavy atom. The van der Waals surface area contributed by atoms with Crippen molar-refractivity contribution in [3.63, 3.8) is 0 Å². The fourth-order valence-electron chi connectivity index (χ4n) is 3.47. The van der Waals surface area contributed by atoms with Crippen molar-refractivity contribution in [2.24, 2.45) is 0 Å². The Morgan fingerprint density at radius 1 is 1.03 bits per heavy atom. The maximum Gasteiger partial charge on any atom is 0.338 e. The zero-order chi connectivity index (χ0) is 24.5. The number of esters is 2. The number of rotatable bonds is 9. The molecule has 0 aromatic heterocycles. The highest BCUT2D eigenvalue weighted by atomic mass is 16.7. The minimum absolute atomic E-state index is 0.0622. The molecule has 0 radical (unpaired) electrons. The molecule has 2 N–H and O–H groups in total. The topological polar surface area (TPSA) is 120 Å². The SMILES string of the molecule is C=CCO[C@H]1O[C@H](COC(=O)c2ccccc2)[C@@H](O)[C@H](OC(=O)c2ccccc2)[C@H]1NC(C)=O. The molecule has 1 heterocycles. The number of ether oxygens (including phenoxy) is 4. The second-order valence-corrected chi connectivity index (χ2v) is 7.58. The molecule has 5 atom stereocenters. The Balaban J connectivity index is 1.81. The Labute approximate surface area is 197 Å². The number of aliphatic hydroxyl groups is 1. The lowest BCUT2D eigenvalue weighted by Crippen LogP contribution is -2.65. The zero-order valence-electron chi connectivity index (χ0n) is 18.7. The lowest BCUT2D eigenvalue weighted by Gasteiger charge is -2.43. The summed E-state index contributed by atoms with van der Waals surface area (Å²) in [5.74, 6) is -1.76. The molecular formula is C25H27NO8. The third kappa shape index (κ3) is 6.50. The van der Waals surface area contributed by atoms with Gasteiger partial charge in [0.1, 0.15) is 24.9 Å². The smallest absolute Gasteiger partial charge is 0.338 e. The molecule has 0 unspecified atom stereocenters. The van der Waals surface area contributed by atoms with Gasteiger partial charge >= 0.3 is 11.9 Å². The van der Waals surface area contributed by atoms with Gasteiger partial charge in [-0.25, -0.2) is 9.59 Å². The second-order valence-electron chi connectivity index (χ2n) is 7.58. The lowest BCUT2D eigenvalue weighted by molar-refractivity contribution is -0.266. The van der Waals surface area contributed by atoms with Crippen LogP contribution in [0.15, 0.2) is 73.3 Å². The summed E-state index contributed by atoms with van der Waals surface area (Å²) < 4.78 is 22.4. The minimum Gasteiger partial charge on any atom is -0.459 e. The summed E-state index contributed by atoms with van der Waals surface area (Å²) in [6.07, 6.45) is -3.41. The molecule has 0 bridgehead atoms. The van der Waals surface area contributed by atoms with Gasteiger partial charge in [-0.15, -0.1) is 6.58 Å². The molecule has 1 aliphatic heterocycles. The zero-order valence-corrected chi connectivity index (χ0v) is 18.7. The molecule has 0 aliphatic carbocycles. The van der Waals surface area contributed by atoms with E-state index < -0.39 is 48.5 Å². The average molecular weight is 469 g/mol. The highest BCUT2D eigenvalue weighted by Gasteiger charge is 2.49. The van der Waals surface area contributed by atoms with Crippen molar-refractivity contribution in [2.45, 2.75) is 37.6 Å². The van der Waals surface area contributed by atoms with Crippen molar-refractivity contribution in [1.29, 1.82) is 0 Å². The van der Waals surface area contributed by atoms with Crippen LogP contribution >= 0.6 is 0 Å². The Hall–Kier alpha value is -3.53. The number of nitrogens with one attached hydrogen (secondary N) is 1. The van der Waals surface area contributed by atoms with E-state index in [-0.39, 0.29) is 18.8 Å². The number of carbonyl (C=O) groups is 3. The van der Waals surface area contributed by atoms with Crippen LogP contribution in [0.2, 0.25) is 0 Å². The van der Waals surface area contributed by atoms with Crippen molar-refractivity contribution in [1.82, 2.24) is 5.32 Å². The summed E-state index contributed by atoms with van der Waals surface area (Å²) in [4.78, 5) is 37.0. The summed E-state index contributed by atoms with van der Waals surface area (Å²) in [6.45, 7) is 4.60. The minimum atomic E-state index is -1.43. The predicted molar refractivity (Wildman–Crippen MR) is 121 cm³/mol. The van der Waals surface area contributed by atoms with Crippen molar-refractivity contribution >= 4 is 17.8 Å². The second kappa shape index (κ2) is 12.1. The Kier molecular flexibility index (Phi) is 8.92. The molecule has 180 valence electrons. The number of carbonyl (C=O) groups excluding carboxylic acids is 3. The van der Waals surface area contributed by atoms with E-state index in [2.05, 4.69) is 11.9 Å². The van der Waals surface area contributed by atoms with Gasteiger partial charge in [0.15, 0.2) is 12.4 Å². The largest absolute Gasteiger partial charge is 0.459 e. The first-order valence-electron chi connectivity index (χ1n) is 10.7. The normalized spacial score (nSPS) is 24.0. The predicted octanol–water partition coefficient (Wildman–Crippen LogP) is 1.86. The molecule has 1 amide bonds. The van der Waals surface area contributed by atoms with Crippen LogP contribution in [0.1, 0.15) is 27.6 Å². The fraction of sp³-hybridized carbons (Fsp3) is 0.320. The third-order valence-electron chi connectivity index (χ3n) is 5.06. The molecular weight excluding hydrogens is 442 g/mol. The molecule has 1 fully saturated rings. The molecule has 0 spiro atoms. The van der Waals surface area contributed by atoms with Crippen LogP contribution in [-0.2, 0) is 23.7 Å². The maximum absolute atomic E-state index is 12.7. The number of hydrogen-bond donors (Lipinski definition) is 2. The molecule has 2 aromatic carbocycles. The van der Waals surface area contributed by atoms with E-state index >= 15 is 0 Å². The Morgan fingerprint density at radius 3 is 2.18 bits per heavy atom. The number of benzene rings is 2. The molecule has 34 heavy (non-hydrogen) atoms. The van der Waals surface area contributed by atoms with E-state index in [1.165, 1.54) is 13.0 Å². The molecule has 2 aromatic rings. The van der Waals surface area contributed by atoms with Gasteiger partial charge in [-0.3, -0.25) is 4.79 Å². The molecule has 3 rings (SSSR count). The van der Waals surface area contributed by atoms with E-state index in [9.17, 15) is 19.5 Å². The monoisotopic (exact) mass is 469 g/mol. The highest BCUT2D eigenvalue weighted by molar-refractivity contribution is 5.90. The van der Waals surface area contributed by atoms with Gasteiger partial charge in [-0.1, -0.05) is 42.5 Å². The van der Waals surface area contributed by atoms with Gasteiger partial charge in [0.05, 0.1) is 17.7 Å². The van der Waals surface area contributed by atoms with E-state index in [4.69, 9.17) is 18.9 Å². The summed E-state index contributed by atoms with van der Waals surface area (Å²) in [7, 11) is 0. The third-order valence-corrected chi connectivity index (χ3v) is 5.06. The van der Waals surface area contributed by atoms with Crippen molar-refractivity contribution in [3.8, 4) is 0 Å². The van der Waals surface area contributed by atoms with Crippen LogP contribution in [-0.4, -0.2) is 66.8 Å². The molecule has 1 saturated heterocycles. The standard InChI is InChI=1S/C25H27NO8/c1-3-14-31-25-20(26-16(2)27)22(34-24(30)18-12-8-5-9-13-18)21(28)19(33-25)15-32-23(29)17-10-6-4-7-11-17/h3-13,19-22,25,28H,1,14-15H2,2H3,(H,26,27)/t19-,20-,21-,22-,25+/m1/s1. The summed E-state index contributed by atoms with van der Waals surface area (Å²) in [5.41, 5.74) is 0.591. The van der Waals surface area contributed by atoms with Crippen molar-refractivity contribution < 1.29 is 38.4 Å². The first-order chi connectivity index (χ1) is 16.4. The lowest BCUT2D eigenvalue weighted by atomic mass is 9.96. The summed E-state index contributed by atoms with van der Waals surface area (Å²) in [6, 6.07) is 15.5. The van der Waals surface area contributed by atoms with Crippen LogP contribution < -0.4 is 5.32 Å². The highest BCUT2D eigenvalue weighted by Crippen LogP contribution is 2.26. The number of amides is 1. The fourth-order valence-corrected chi connectivity index (χ4v) is 3.47. The van der Waals surface area contributed by atoms with Crippen LogP contribution in [0.25, 0.3) is 0 Å². The molecule has 0 saturated carbocycles. The van der Waals surface area contributed by atoms with Crippen LogP contribution in [0.5, 0.6) is 0 Å². The van der Waals surface area contributed by atoms with Crippen molar-refractivity contribution in [2.75, 3.05) is 13.2 Å². The molecule has 9 heteroatoms. The summed E-state index contributed by atoms with van der Waals surface area (Å²) >= 11 is 0. The maximum atomic E-state index is 12.7. The summed E-state index contributed by atoms with van der Waals surface area (Å²) in [5, 5.41) is 13.6. The quantitative estimate of drug-likeness (QED) is 0.422. The van der Waals surface area contributed by atoms with Gasteiger partial charge in [0, 0.05) is 6.92 Å². The first kappa shape index (κ1) is 25.1. The van der Waals surface area contributed by atoms with E-state index in [1.54, 1.807) is 60.7 Å². The van der Waals surface area contributed by atoms with Crippen LogP contribution in [0.3, 0.4) is 0 Å². The van der Waals surface area contributed by atoms with Crippen molar-refractivity contribution in [3.05, 3.63) is 84.4 Å². The van der Waals surface area contributed by atoms with Gasteiger partial charge < -0.3 is 29.4 Å².